The van der Waals surface area contributed by atoms with E-state index in [9.17, 15) is 0 Å². The van der Waals surface area contributed by atoms with Crippen LogP contribution in [0.15, 0.2) is 66.7 Å². The van der Waals surface area contributed by atoms with Gasteiger partial charge >= 0.3 is 7.32 Å². The van der Waals surface area contributed by atoms with Gasteiger partial charge in [0.2, 0.25) is 0 Å². The molecule has 0 aliphatic heterocycles. The third-order valence-corrected chi connectivity index (χ3v) is 3.16. The summed E-state index contributed by atoms with van der Waals surface area (Å²) in [6, 6.07) is 21.7. The van der Waals surface area contributed by atoms with Gasteiger partial charge in [-0.3, -0.25) is 0 Å². The topological polar surface area (TPSA) is 49.7 Å². The van der Waals surface area contributed by atoms with E-state index in [1.807, 2.05) is 36.4 Å². The fourth-order valence-electron chi connectivity index (χ4n) is 2.23. The number of hydrogen-bond donors (Lipinski definition) is 2. The van der Waals surface area contributed by atoms with Gasteiger partial charge in [0.1, 0.15) is 5.75 Å². The summed E-state index contributed by atoms with van der Waals surface area (Å²) in [5, 5.41) is 19.7. The van der Waals surface area contributed by atoms with E-state index in [0.29, 0.717) is 5.75 Å². The summed E-state index contributed by atoms with van der Waals surface area (Å²) in [6.45, 7) is 0. The molecule has 0 saturated carbocycles. The molecule has 0 bridgehead atoms. The van der Waals surface area contributed by atoms with E-state index in [0.717, 1.165) is 16.3 Å². The second-order valence-corrected chi connectivity index (χ2v) is 4.53. The fraction of sp³-hybridized carbons (Fsp3) is 0. The van der Waals surface area contributed by atoms with Crippen molar-refractivity contribution in [2.24, 2.45) is 0 Å². The molecule has 2 N–H and O–H groups in total. The molecule has 0 spiro atoms. The quantitative estimate of drug-likeness (QED) is 0.715. The summed E-state index contributed by atoms with van der Waals surface area (Å²) in [5.74, 6) is 0.431. The summed E-state index contributed by atoms with van der Waals surface area (Å²) in [6.07, 6.45) is 0. The first-order chi connectivity index (χ1) is 9.72. The average Bonchev–Trinajstić information content (AvgIpc) is 2.47. The highest BCUT2D eigenvalue weighted by molar-refractivity contribution is 6.33. The van der Waals surface area contributed by atoms with Gasteiger partial charge in [0.25, 0.3) is 0 Å². The molecule has 3 rings (SSSR count). The van der Waals surface area contributed by atoms with Gasteiger partial charge in [0.15, 0.2) is 0 Å². The van der Waals surface area contributed by atoms with Crippen LogP contribution in [0.2, 0.25) is 0 Å². The third-order valence-electron chi connectivity index (χ3n) is 3.16. The van der Waals surface area contributed by atoms with Gasteiger partial charge in [-0.15, -0.1) is 0 Å². The van der Waals surface area contributed by atoms with E-state index < -0.39 is 7.32 Å². The number of rotatable bonds is 3. The number of fused-ring (bicyclic) bond motifs is 1. The predicted molar refractivity (Wildman–Crippen MR) is 80.2 cm³/mol. The minimum absolute atomic E-state index is 0.431. The standard InChI is InChI=1S/C16H13BO3/c18-17(19)20-16-9-8-14-10-13(6-7-15(14)11-16)12-4-2-1-3-5-12/h1-11,18-19H. The fourth-order valence-corrected chi connectivity index (χ4v) is 2.23. The maximum Gasteiger partial charge on any atom is 0.707 e. The zero-order valence-corrected chi connectivity index (χ0v) is 10.7. The van der Waals surface area contributed by atoms with E-state index in [1.54, 1.807) is 12.1 Å². The van der Waals surface area contributed by atoms with Gasteiger partial charge in [-0.2, -0.15) is 0 Å². The largest absolute Gasteiger partial charge is 0.707 e. The van der Waals surface area contributed by atoms with Crippen LogP contribution in [0, 0.1) is 0 Å². The lowest BCUT2D eigenvalue weighted by Crippen LogP contribution is -2.20. The molecule has 3 nitrogen and oxygen atoms in total. The van der Waals surface area contributed by atoms with Crippen molar-refractivity contribution < 1.29 is 14.7 Å². The molecule has 3 aromatic carbocycles. The molecule has 0 aliphatic rings. The molecule has 0 amide bonds. The van der Waals surface area contributed by atoms with Crippen molar-refractivity contribution in [2.45, 2.75) is 0 Å². The second-order valence-electron chi connectivity index (χ2n) is 4.53. The van der Waals surface area contributed by atoms with Crippen LogP contribution in [0.4, 0.5) is 0 Å². The molecular formula is C16H13BO3. The smallest absolute Gasteiger partial charge is 0.512 e. The highest BCUT2D eigenvalue weighted by Crippen LogP contribution is 2.27. The van der Waals surface area contributed by atoms with Crippen LogP contribution in [0.5, 0.6) is 5.75 Å². The lowest BCUT2D eigenvalue weighted by Gasteiger charge is -2.07. The highest BCUT2D eigenvalue weighted by Gasteiger charge is 2.11. The van der Waals surface area contributed by atoms with E-state index in [1.165, 1.54) is 5.56 Å². The van der Waals surface area contributed by atoms with Crippen LogP contribution < -0.4 is 4.65 Å². The van der Waals surface area contributed by atoms with Crippen LogP contribution >= 0.6 is 0 Å². The lowest BCUT2D eigenvalue weighted by atomic mass is 10.0. The van der Waals surface area contributed by atoms with Crippen molar-refractivity contribution in [3.8, 4) is 16.9 Å². The van der Waals surface area contributed by atoms with Crippen LogP contribution in [0.3, 0.4) is 0 Å². The molecule has 0 atom stereocenters. The molecule has 0 aromatic heterocycles. The first kappa shape index (κ1) is 12.7. The maximum atomic E-state index is 8.80. The first-order valence-electron chi connectivity index (χ1n) is 6.34. The molecule has 0 aliphatic carbocycles. The van der Waals surface area contributed by atoms with Crippen molar-refractivity contribution in [1.29, 1.82) is 0 Å². The monoisotopic (exact) mass is 264 g/mol. The Kier molecular flexibility index (Phi) is 3.42. The van der Waals surface area contributed by atoms with Crippen molar-refractivity contribution in [1.82, 2.24) is 0 Å². The summed E-state index contributed by atoms with van der Waals surface area (Å²) in [7, 11) is -1.80. The summed E-state index contributed by atoms with van der Waals surface area (Å²) in [4.78, 5) is 0. The van der Waals surface area contributed by atoms with Gasteiger partial charge < -0.3 is 14.7 Å². The van der Waals surface area contributed by atoms with Gasteiger partial charge in [0.05, 0.1) is 0 Å². The normalized spacial score (nSPS) is 10.5. The van der Waals surface area contributed by atoms with Crippen LogP contribution in [0.25, 0.3) is 21.9 Å². The SMILES string of the molecule is OB(O)Oc1ccc2cc(-c3ccccc3)ccc2c1. The molecule has 0 fully saturated rings. The molecule has 0 unspecified atom stereocenters. The number of benzene rings is 3. The van der Waals surface area contributed by atoms with Crippen LogP contribution in [-0.4, -0.2) is 17.4 Å². The van der Waals surface area contributed by atoms with Crippen LogP contribution in [0.1, 0.15) is 0 Å². The molecule has 0 radical (unpaired) electrons. The van der Waals surface area contributed by atoms with Gasteiger partial charge in [-0.1, -0.05) is 48.5 Å². The molecule has 3 aromatic rings. The Morgan fingerprint density at radius 1 is 0.700 bits per heavy atom. The lowest BCUT2D eigenvalue weighted by molar-refractivity contribution is 0.288. The summed E-state index contributed by atoms with van der Waals surface area (Å²) >= 11 is 0. The van der Waals surface area contributed by atoms with Gasteiger partial charge in [0, 0.05) is 0 Å². The minimum Gasteiger partial charge on any atom is -0.512 e. The molecule has 4 heteroatoms. The van der Waals surface area contributed by atoms with Gasteiger partial charge in [-0.25, -0.2) is 0 Å². The zero-order chi connectivity index (χ0) is 13.9. The van der Waals surface area contributed by atoms with Crippen molar-refractivity contribution in [2.75, 3.05) is 0 Å². The van der Waals surface area contributed by atoms with Crippen molar-refractivity contribution in [3.05, 3.63) is 66.7 Å². The minimum atomic E-state index is -1.80. The van der Waals surface area contributed by atoms with E-state index in [2.05, 4.69) is 18.2 Å². The molecule has 0 heterocycles. The van der Waals surface area contributed by atoms with E-state index in [-0.39, 0.29) is 0 Å². The van der Waals surface area contributed by atoms with Crippen molar-refractivity contribution in [3.63, 3.8) is 0 Å². The Morgan fingerprint density at radius 2 is 1.40 bits per heavy atom. The second kappa shape index (κ2) is 5.37. The van der Waals surface area contributed by atoms with Crippen molar-refractivity contribution >= 4 is 18.1 Å². The number of hydrogen-bond acceptors (Lipinski definition) is 3. The average molecular weight is 264 g/mol. The molecule has 98 valence electrons. The predicted octanol–water partition coefficient (Wildman–Crippen LogP) is 2.86. The Hall–Kier alpha value is -2.30. The van der Waals surface area contributed by atoms with E-state index in [4.69, 9.17) is 14.7 Å². The van der Waals surface area contributed by atoms with E-state index >= 15 is 0 Å². The Bertz CT molecular complexity index is 726. The third kappa shape index (κ3) is 2.66. The highest BCUT2D eigenvalue weighted by atomic mass is 16.6. The Morgan fingerprint density at radius 3 is 2.15 bits per heavy atom. The molecule has 0 saturated heterocycles. The molecule has 20 heavy (non-hydrogen) atoms. The van der Waals surface area contributed by atoms with Gasteiger partial charge in [-0.05, 0) is 40.1 Å². The summed E-state index contributed by atoms with van der Waals surface area (Å²) < 4.78 is 4.85. The molecular weight excluding hydrogens is 251 g/mol. The Labute approximate surface area is 117 Å². The van der Waals surface area contributed by atoms with Crippen LogP contribution in [-0.2, 0) is 0 Å². The maximum absolute atomic E-state index is 8.80. The Balaban J connectivity index is 2.00. The zero-order valence-electron chi connectivity index (χ0n) is 10.7. The first-order valence-corrected chi connectivity index (χ1v) is 6.34. The summed E-state index contributed by atoms with van der Waals surface area (Å²) in [5.41, 5.74) is 2.31.